The summed E-state index contributed by atoms with van der Waals surface area (Å²) in [4.78, 5) is 10.5. The highest BCUT2D eigenvalue weighted by Gasteiger charge is 1.90. The number of carbonyl (C=O) groups is 1. The lowest BCUT2D eigenvalue weighted by Crippen LogP contribution is -2.19. The van der Waals surface area contributed by atoms with Gasteiger partial charge in [-0.2, -0.15) is 0 Å². The van der Waals surface area contributed by atoms with Crippen LogP contribution in [0.25, 0.3) is 0 Å². The van der Waals surface area contributed by atoms with Crippen molar-refractivity contribution >= 4 is 17.5 Å². The largest absolute Gasteiger partial charge is 0.345 e. The van der Waals surface area contributed by atoms with Crippen LogP contribution in [0.2, 0.25) is 5.15 Å². The Morgan fingerprint density at radius 1 is 1.57 bits per heavy atom. The Bertz CT molecular complexity index is 377. The van der Waals surface area contributed by atoms with Crippen molar-refractivity contribution in [3.63, 3.8) is 0 Å². The summed E-state index contributed by atoms with van der Waals surface area (Å²) in [5.74, 6) is 5.35. The number of nitrogens with one attached hydrogen (secondary N) is 1. The lowest BCUT2D eigenvalue weighted by molar-refractivity contribution is -0.118. The highest BCUT2D eigenvalue weighted by molar-refractivity contribution is 6.29. The average molecular weight is 210 g/mol. The molecule has 0 saturated carbocycles. The van der Waals surface area contributed by atoms with Crippen molar-refractivity contribution in [3.05, 3.63) is 23.0 Å². The van der Waals surface area contributed by atoms with Gasteiger partial charge in [0, 0.05) is 6.92 Å². The van der Waals surface area contributed by atoms with Crippen molar-refractivity contribution in [2.24, 2.45) is 0 Å². The molecule has 1 aromatic heterocycles. The van der Waals surface area contributed by atoms with Crippen LogP contribution in [-0.4, -0.2) is 22.6 Å². The van der Waals surface area contributed by atoms with Crippen LogP contribution in [0.3, 0.4) is 0 Å². The second-order valence-corrected chi connectivity index (χ2v) is 2.84. The Balaban J connectivity index is 2.51. The van der Waals surface area contributed by atoms with E-state index in [1.165, 1.54) is 6.92 Å². The zero-order chi connectivity index (χ0) is 10.4. The van der Waals surface area contributed by atoms with E-state index in [-0.39, 0.29) is 5.91 Å². The smallest absolute Gasteiger partial charge is 0.217 e. The summed E-state index contributed by atoms with van der Waals surface area (Å²) in [6.07, 6.45) is 0. The fraction of sp³-hybridized carbons (Fsp3) is 0.222. The number of rotatable bonds is 1. The molecule has 1 heterocycles. The maximum absolute atomic E-state index is 10.5. The lowest BCUT2D eigenvalue weighted by Gasteiger charge is -1.91. The molecule has 72 valence electrons. The summed E-state index contributed by atoms with van der Waals surface area (Å²) in [5, 5.41) is 10.2. The molecule has 0 aliphatic heterocycles. The second-order valence-electron chi connectivity index (χ2n) is 2.45. The van der Waals surface area contributed by atoms with E-state index in [2.05, 4.69) is 27.4 Å². The molecule has 1 aromatic rings. The molecule has 0 atom stereocenters. The van der Waals surface area contributed by atoms with Crippen LogP contribution < -0.4 is 5.32 Å². The van der Waals surface area contributed by atoms with Crippen molar-refractivity contribution in [1.82, 2.24) is 15.5 Å². The van der Waals surface area contributed by atoms with Crippen LogP contribution >= 0.6 is 11.6 Å². The Labute approximate surface area is 86.7 Å². The van der Waals surface area contributed by atoms with Gasteiger partial charge in [-0.15, -0.1) is 10.2 Å². The average Bonchev–Trinajstić information content (AvgIpc) is 2.15. The van der Waals surface area contributed by atoms with Gasteiger partial charge in [-0.05, 0) is 18.1 Å². The monoisotopic (exact) mass is 209 g/mol. The minimum atomic E-state index is -0.110. The number of hydrogen-bond donors (Lipinski definition) is 1. The molecule has 0 spiro atoms. The summed E-state index contributed by atoms with van der Waals surface area (Å²) in [7, 11) is 0. The molecule has 0 aliphatic carbocycles. The first kappa shape index (κ1) is 10.5. The third kappa shape index (κ3) is 3.87. The second kappa shape index (κ2) is 5.20. The third-order valence-electron chi connectivity index (χ3n) is 1.27. The normalized spacial score (nSPS) is 8.71. The van der Waals surface area contributed by atoms with E-state index < -0.39 is 0 Å². The molecular formula is C9H8ClN3O. The van der Waals surface area contributed by atoms with E-state index in [1.807, 2.05) is 0 Å². The number of amides is 1. The molecule has 0 unspecified atom stereocenters. The first-order chi connectivity index (χ1) is 6.68. The van der Waals surface area contributed by atoms with Crippen LogP contribution in [0.1, 0.15) is 12.6 Å². The fourth-order valence-electron chi connectivity index (χ4n) is 0.686. The van der Waals surface area contributed by atoms with Gasteiger partial charge in [0.2, 0.25) is 5.91 Å². The van der Waals surface area contributed by atoms with E-state index in [9.17, 15) is 4.79 Å². The van der Waals surface area contributed by atoms with Gasteiger partial charge in [-0.3, -0.25) is 4.79 Å². The van der Waals surface area contributed by atoms with Crippen LogP contribution in [0.5, 0.6) is 0 Å². The molecule has 1 rings (SSSR count). The van der Waals surface area contributed by atoms with Crippen LogP contribution in [0.15, 0.2) is 12.1 Å². The molecule has 0 radical (unpaired) electrons. The molecule has 0 fully saturated rings. The topological polar surface area (TPSA) is 54.9 Å². The summed E-state index contributed by atoms with van der Waals surface area (Å²) in [6.45, 7) is 1.74. The van der Waals surface area contributed by atoms with Crippen LogP contribution in [0.4, 0.5) is 0 Å². The predicted octanol–water partition coefficient (Wildman–Crippen LogP) is 0.618. The van der Waals surface area contributed by atoms with Crippen molar-refractivity contribution in [1.29, 1.82) is 0 Å². The Morgan fingerprint density at radius 3 is 2.93 bits per heavy atom. The third-order valence-corrected chi connectivity index (χ3v) is 1.48. The van der Waals surface area contributed by atoms with Crippen LogP contribution in [0, 0.1) is 11.8 Å². The van der Waals surface area contributed by atoms with E-state index in [0.29, 0.717) is 17.4 Å². The number of halogens is 1. The van der Waals surface area contributed by atoms with Gasteiger partial charge in [-0.25, -0.2) is 0 Å². The molecule has 1 N–H and O–H groups in total. The number of hydrogen-bond acceptors (Lipinski definition) is 3. The maximum atomic E-state index is 10.5. The van der Waals surface area contributed by atoms with Crippen molar-refractivity contribution < 1.29 is 4.79 Å². The number of nitrogens with zero attached hydrogens (tertiary/aromatic N) is 2. The lowest BCUT2D eigenvalue weighted by atomic mass is 10.4. The Morgan fingerprint density at radius 2 is 2.36 bits per heavy atom. The van der Waals surface area contributed by atoms with Crippen molar-refractivity contribution in [2.45, 2.75) is 6.92 Å². The molecule has 0 saturated heterocycles. The number of carbonyl (C=O) groups excluding carboxylic acids is 1. The van der Waals surface area contributed by atoms with Gasteiger partial charge >= 0.3 is 0 Å². The molecule has 5 heteroatoms. The van der Waals surface area contributed by atoms with Gasteiger partial charge in [0.1, 0.15) is 5.69 Å². The Hall–Kier alpha value is -1.60. The van der Waals surface area contributed by atoms with E-state index in [4.69, 9.17) is 11.6 Å². The Kier molecular flexibility index (Phi) is 3.89. The molecule has 0 aliphatic rings. The van der Waals surface area contributed by atoms with Gasteiger partial charge < -0.3 is 5.32 Å². The van der Waals surface area contributed by atoms with Crippen molar-refractivity contribution in [3.8, 4) is 11.8 Å². The quantitative estimate of drug-likeness (QED) is 0.690. The molecule has 1 amide bonds. The van der Waals surface area contributed by atoms with Crippen LogP contribution in [-0.2, 0) is 4.79 Å². The van der Waals surface area contributed by atoms with Gasteiger partial charge in [0.25, 0.3) is 0 Å². The predicted molar refractivity (Wildman–Crippen MR) is 52.6 cm³/mol. The highest BCUT2D eigenvalue weighted by atomic mass is 35.5. The van der Waals surface area contributed by atoms with Gasteiger partial charge in [0.05, 0.1) is 6.54 Å². The highest BCUT2D eigenvalue weighted by Crippen LogP contribution is 2.00. The molecule has 4 nitrogen and oxygen atoms in total. The molecular weight excluding hydrogens is 202 g/mol. The number of aromatic nitrogens is 2. The van der Waals surface area contributed by atoms with Gasteiger partial charge in [0.15, 0.2) is 5.15 Å². The van der Waals surface area contributed by atoms with E-state index in [0.717, 1.165) is 0 Å². The molecule has 0 bridgehead atoms. The minimum Gasteiger partial charge on any atom is -0.345 e. The van der Waals surface area contributed by atoms with Gasteiger partial charge in [-0.1, -0.05) is 17.5 Å². The summed E-state index contributed by atoms with van der Waals surface area (Å²) >= 11 is 5.54. The molecule has 14 heavy (non-hydrogen) atoms. The zero-order valence-electron chi connectivity index (χ0n) is 7.54. The van der Waals surface area contributed by atoms with E-state index in [1.54, 1.807) is 12.1 Å². The summed E-state index contributed by atoms with van der Waals surface area (Å²) in [5.41, 5.74) is 0.528. The SMILES string of the molecule is CC(=O)NCC#Cc1ccc(Cl)nn1. The molecule has 0 aromatic carbocycles. The first-order valence-electron chi connectivity index (χ1n) is 3.91. The maximum Gasteiger partial charge on any atom is 0.217 e. The summed E-state index contributed by atoms with van der Waals surface area (Å²) < 4.78 is 0. The minimum absolute atomic E-state index is 0.110. The standard InChI is InChI=1S/C9H8ClN3O/c1-7(14)11-6-2-3-8-4-5-9(10)13-12-8/h4-5H,6H2,1H3,(H,11,14). The fourth-order valence-corrected chi connectivity index (χ4v) is 0.787. The first-order valence-corrected chi connectivity index (χ1v) is 4.29. The van der Waals surface area contributed by atoms with Crippen molar-refractivity contribution in [2.75, 3.05) is 6.54 Å². The van der Waals surface area contributed by atoms with E-state index >= 15 is 0 Å². The summed E-state index contributed by atoms with van der Waals surface area (Å²) in [6, 6.07) is 3.27. The zero-order valence-corrected chi connectivity index (χ0v) is 8.30.